The predicted molar refractivity (Wildman–Crippen MR) is 69.7 cm³/mol. The molecule has 0 heterocycles. The third-order valence-corrected chi connectivity index (χ3v) is 3.04. The molecule has 1 saturated carbocycles. The number of rotatable bonds is 6. The summed E-state index contributed by atoms with van der Waals surface area (Å²) in [4.78, 5) is 0. The van der Waals surface area contributed by atoms with Crippen molar-refractivity contribution in [2.45, 2.75) is 25.9 Å². The molecule has 1 atom stereocenters. The van der Waals surface area contributed by atoms with Crippen LogP contribution in [-0.2, 0) is 4.74 Å². The molecule has 1 fully saturated rings. The summed E-state index contributed by atoms with van der Waals surface area (Å²) in [5, 5.41) is 9.39. The Morgan fingerprint density at radius 1 is 1.47 bits per heavy atom. The Balaban J connectivity index is 2.02. The Labute approximate surface area is 103 Å². The van der Waals surface area contributed by atoms with E-state index in [1.807, 2.05) is 25.1 Å². The van der Waals surface area contributed by atoms with E-state index in [0.717, 1.165) is 23.7 Å². The highest BCUT2D eigenvalue weighted by atomic mass is 16.5. The molecule has 0 bridgehead atoms. The zero-order chi connectivity index (χ0) is 12.1. The van der Waals surface area contributed by atoms with Crippen LogP contribution in [0.5, 0.6) is 0 Å². The molecular weight excluding hydrogens is 212 g/mol. The third-order valence-electron chi connectivity index (χ3n) is 3.04. The Morgan fingerprint density at radius 3 is 2.94 bits per heavy atom. The molecule has 0 saturated heterocycles. The van der Waals surface area contributed by atoms with E-state index in [-0.39, 0.29) is 12.7 Å². The summed E-state index contributed by atoms with van der Waals surface area (Å²) >= 11 is 0. The third kappa shape index (κ3) is 3.69. The first-order chi connectivity index (χ1) is 8.33. The van der Waals surface area contributed by atoms with E-state index in [0.29, 0.717) is 0 Å². The molecule has 0 aromatic heterocycles. The minimum atomic E-state index is -0.180. The van der Waals surface area contributed by atoms with Gasteiger partial charge in [0.2, 0.25) is 0 Å². The van der Waals surface area contributed by atoms with Crippen molar-refractivity contribution in [1.29, 1.82) is 0 Å². The van der Waals surface area contributed by atoms with Crippen LogP contribution in [0, 0.1) is 5.92 Å². The van der Waals surface area contributed by atoms with Gasteiger partial charge in [-0.1, -0.05) is 30.4 Å². The maximum atomic E-state index is 9.39. The van der Waals surface area contributed by atoms with Crippen molar-refractivity contribution < 1.29 is 9.84 Å². The first-order valence-corrected chi connectivity index (χ1v) is 6.28. The highest BCUT2D eigenvalue weighted by Gasteiger charge is 2.23. The van der Waals surface area contributed by atoms with Crippen LogP contribution in [0.3, 0.4) is 0 Å². The molecule has 0 amide bonds. The lowest BCUT2D eigenvalue weighted by atomic mass is 10.1. The highest BCUT2D eigenvalue weighted by Crippen LogP contribution is 2.31. The van der Waals surface area contributed by atoms with Crippen molar-refractivity contribution in [3.05, 3.63) is 41.5 Å². The summed E-state index contributed by atoms with van der Waals surface area (Å²) < 4.78 is 5.76. The molecule has 0 spiro atoms. The normalized spacial score (nSPS) is 17.5. The van der Waals surface area contributed by atoms with Crippen LogP contribution in [0.15, 0.2) is 30.3 Å². The quantitative estimate of drug-likeness (QED) is 0.816. The molecular formula is C15H20O2. The fourth-order valence-corrected chi connectivity index (χ4v) is 1.85. The van der Waals surface area contributed by atoms with Gasteiger partial charge < -0.3 is 9.84 Å². The van der Waals surface area contributed by atoms with Gasteiger partial charge in [-0.3, -0.25) is 0 Å². The van der Waals surface area contributed by atoms with Gasteiger partial charge in [0.1, 0.15) is 6.10 Å². The molecule has 1 aromatic rings. The second-order valence-corrected chi connectivity index (χ2v) is 4.62. The number of hydrogen-bond acceptors (Lipinski definition) is 2. The summed E-state index contributed by atoms with van der Waals surface area (Å²) in [7, 11) is 0. The molecule has 17 heavy (non-hydrogen) atoms. The van der Waals surface area contributed by atoms with Crippen LogP contribution in [0.2, 0.25) is 0 Å². The number of ether oxygens (including phenoxy) is 1. The molecule has 92 valence electrons. The summed E-state index contributed by atoms with van der Waals surface area (Å²) in [5.41, 5.74) is 2.21. The molecule has 1 aliphatic rings. The molecule has 1 N–H and O–H groups in total. The van der Waals surface area contributed by atoms with Crippen molar-refractivity contribution in [3.8, 4) is 0 Å². The molecule has 0 radical (unpaired) electrons. The SMILES string of the molecule is C/C=C/c1cccc(C(CO)OCC2CC2)c1. The lowest BCUT2D eigenvalue weighted by molar-refractivity contribution is 0.00626. The van der Waals surface area contributed by atoms with Gasteiger partial charge in [-0.05, 0) is 42.9 Å². The molecule has 1 unspecified atom stereocenters. The van der Waals surface area contributed by atoms with Crippen LogP contribution >= 0.6 is 0 Å². The van der Waals surface area contributed by atoms with Crippen LogP contribution in [0.1, 0.15) is 37.0 Å². The highest BCUT2D eigenvalue weighted by molar-refractivity contribution is 5.50. The van der Waals surface area contributed by atoms with Gasteiger partial charge in [-0.15, -0.1) is 0 Å². The van der Waals surface area contributed by atoms with Gasteiger partial charge in [0.25, 0.3) is 0 Å². The van der Waals surface area contributed by atoms with E-state index in [9.17, 15) is 5.11 Å². The average Bonchev–Trinajstić information content (AvgIpc) is 3.15. The minimum Gasteiger partial charge on any atom is -0.393 e. The lowest BCUT2D eigenvalue weighted by Gasteiger charge is -2.16. The second kappa shape index (κ2) is 5.99. The van der Waals surface area contributed by atoms with Gasteiger partial charge in [0.15, 0.2) is 0 Å². The molecule has 1 aliphatic carbocycles. The summed E-state index contributed by atoms with van der Waals surface area (Å²) in [5.74, 6) is 0.725. The monoisotopic (exact) mass is 232 g/mol. The fraction of sp³-hybridized carbons (Fsp3) is 0.467. The van der Waals surface area contributed by atoms with Crippen molar-refractivity contribution in [3.63, 3.8) is 0 Å². The number of hydrogen-bond donors (Lipinski definition) is 1. The molecule has 1 aromatic carbocycles. The predicted octanol–water partition coefficient (Wildman–Crippen LogP) is 3.18. The Bertz CT molecular complexity index is 380. The number of aliphatic hydroxyl groups is 1. The molecule has 2 rings (SSSR count). The number of aliphatic hydroxyl groups excluding tert-OH is 1. The minimum absolute atomic E-state index is 0.0476. The van der Waals surface area contributed by atoms with Crippen molar-refractivity contribution in [1.82, 2.24) is 0 Å². The van der Waals surface area contributed by atoms with Gasteiger partial charge in [0.05, 0.1) is 13.2 Å². The summed E-state index contributed by atoms with van der Waals surface area (Å²) in [6.45, 7) is 2.82. The Hall–Kier alpha value is -1.12. The molecule has 2 heteroatoms. The van der Waals surface area contributed by atoms with E-state index in [4.69, 9.17) is 4.74 Å². The Morgan fingerprint density at radius 2 is 2.29 bits per heavy atom. The van der Waals surface area contributed by atoms with Gasteiger partial charge in [-0.25, -0.2) is 0 Å². The van der Waals surface area contributed by atoms with E-state index in [2.05, 4.69) is 18.2 Å². The topological polar surface area (TPSA) is 29.5 Å². The smallest absolute Gasteiger partial charge is 0.106 e. The van der Waals surface area contributed by atoms with Crippen LogP contribution in [-0.4, -0.2) is 18.3 Å². The van der Waals surface area contributed by atoms with Gasteiger partial charge >= 0.3 is 0 Å². The van der Waals surface area contributed by atoms with Crippen LogP contribution < -0.4 is 0 Å². The fourth-order valence-electron chi connectivity index (χ4n) is 1.85. The summed E-state index contributed by atoms with van der Waals surface area (Å²) in [6, 6.07) is 8.15. The van der Waals surface area contributed by atoms with Crippen molar-refractivity contribution in [2.24, 2.45) is 5.92 Å². The average molecular weight is 232 g/mol. The standard InChI is InChI=1S/C15H20O2/c1-2-4-12-5-3-6-14(9-12)15(10-16)17-11-13-7-8-13/h2-6,9,13,15-16H,7-8,10-11H2,1H3/b4-2+. The zero-order valence-corrected chi connectivity index (χ0v) is 10.3. The molecule has 0 aliphatic heterocycles. The number of allylic oxidation sites excluding steroid dienone is 1. The zero-order valence-electron chi connectivity index (χ0n) is 10.3. The summed E-state index contributed by atoms with van der Waals surface area (Å²) in [6.07, 6.45) is 6.44. The van der Waals surface area contributed by atoms with Gasteiger partial charge in [0, 0.05) is 0 Å². The lowest BCUT2D eigenvalue weighted by Crippen LogP contribution is -2.10. The largest absolute Gasteiger partial charge is 0.393 e. The number of benzene rings is 1. The first kappa shape index (κ1) is 12.3. The van der Waals surface area contributed by atoms with Crippen LogP contribution in [0.25, 0.3) is 6.08 Å². The Kier molecular flexibility index (Phi) is 4.35. The van der Waals surface area contributed by atoms with E-state index in [1.165, 1.54) is 12.8 Å². The first-order valence-electron chi connectivity index (χ1n) is 6.28. The second-order valence-electron chi connectivity index (χ2n) is 4.62. The van der Waals surface area contributed by atoms with E-state index < -0.39 is 0 Å². The van der Waals surface area contributed by atoms with Crippen LogP contribution in [0.4, 0.5) is 0 Å². The van der Waals surface area contributed by atoms with E-state index >= 15 is 0 Å². The van der Waals surface area contributed by atoms with Crippen molar-refractivity contribution >= 4 is 6.08 Å². The van der Waals surface area contributed by atoms with E-state index in [1.54, 1.807) is 0 Å². The maximum Gasteiger partial charge on any atom is 0.106 e. The molecule has 2 nitrogen and oxygen atoms in total. The maximum absolute atomic E-state index is 9.39. The van der Waals surface area contributed by atoms with Crippen molar-refractivity contribution in [2.75, 3.05) is 13.2 Å². The van der Waals surface area contributed by atoms with Gasteiger partial charge in [-0.2, -0.15) is 0 Å².